The van der Waals surface area contributed by atoms with Gasteiger partial charge in [0.15, 0.2) is 0 Å². The Labute approximate surface area is 127 Å². The normalized spacial score (nSPS) is 21.6. The number of benzene rings is 1. The zero-order valence-electron chi connectivity index (χ0n) is 11.6. The summed E-state index contributed by atoms with van der Waals surface area (Å²) in [6, 6.07) is 6.35. The molecule has 1 aromatic carbocycles. The van der Waals surface area contributed by atoms with Crippen molar-refractivity contribution in [3.63, 3.8) is 0 Å². The first-order valence-corrected chi connectivity index (χ1v) is 7.59. The van der Waals surface area contributed by atoms with Crippen LogP contribution in [-0.4, -0.2) is 9.78 Å². The minimum Gasteiger partial charge on any atom is -0.485 e. The standard InChI is InChI=1S/C15H18BrN3O/c1-9(2)19-8-10(7-18-19)14-6-13(17)12-4-3-11(16)5-15(12)20-14/h3-5,7-9,13-14H,6,17H2,1-2H3/t13-,14?/m0/s1. The van der Waals surface area contributed by atoms with Crippen LogP contribution in [0.2, 0.25) is 0 Å². The van der Waals surface area contributed by atoms with Crippen molar-refractivity contribution in [2.24, 2.45) is 5.73 Å². The maximum absolute atomic E-state index is 6.27. The van der Waals surface area contributed by atoms with Gasteiger partial charge in [-0.25, -0.2) is 0 Å². The van der Waals surface area contributed by atoms with E-state index in [1.165, 1.54) is 0 Å². The molecule has 2 heterocycles. The highest BCUT2D eigenvalue weighted by Crippen LogP contribution is 2.40. The Kier molecular flexibility index (Phi) is 3.56. The van der Waals surface area contributed by atoms with Crippen molar-refractivity contribution in [3.8, 4) is 5.75 Å². The molecule has 3 rings (SSSR count). The first kappa shape index (κ1) is 13.6. The van der Waals surface area contributed by atoms with Crippen molar-refractivity contribution < 1.29 is 4.74 Å². The van der Waals surface area contributed by atoms with Gasteiger partial charge in [0.2, 0.25) is 0 Å². The molecular formula is C15H18BrN3O. The summed E-state index contributed by atoms with van der Waals surface area (Å²) in [7, 11) is 0. The molecule has 0 radical (unpaired) electrons. The van der Waals surface area contributed by atoms with Gasteiger partial charge in [-0.1, -0.05) is 22.0 Å². The average molecular weight is 336 g/mol. The van der Waals surface area contributed by atoms with E-state index in [-0.39, 0.29) is 12.1 Å². The lowest BCUT2D eigenvalue weighted by Gasteiger charge is -2.30. The van der Waals surface area contributed by atoms with Crippen LogP contribution in [0.3, 0.4) is 0 Å². The van der Waals surface area contributed by atoms with Gasteiger partial charge in [-0.3, -0.25) is 4.68 Å². The van der Waals surface area contributed by atoms with E-state index in [2.05, 4.69) is 34.9 Å². The van der Waals surface area contributed by atoms with Crippen LogP contribution in [0.4, 0.5) is 0 Å². The molecule has 2 atom stereocenters. The second-order valence-corrected chi connectivity index (χ2v) is 6.39. The smallest absolute Gasteiger partial charge is 0.129 e. The van der Waals surface area contributed by atoms with Crippen LogP contribution < -0.4 is 10.5 Å². The van der Waals surface area contributed by atoms with Crippen LogP contribution in [0.1, 0.15) is 49.6 Å². The fraction of sp³-hybridized carbons (Fsp3) is 0.400. The predicted octanol–water partition coefficient (Wildman–Crippen LogP) is 3.75. The molecule has 0 bridgehead atoms. The maximum Gasteiger partial charge on any atom is 0.129 e. The Morgan fingerprint density at radius 2 is 2.25 bits per heavy atom. The lowest BCUT2D eigenvalue weighted by Crippen LogP contribution is -2.23. The molecule has 0 fully saturated rings. The number of fused-ring (bicyclic) bond motifs is 1. The van der Waals surface area contributed by atoms with E-state index in [1.54, 1.807) is 0 Å². The zero-order chi connectivity index (χ0) is 14.3. The first-order valence-electron chi connectivity index (χ1n) is 6.80. The number of halogens is 1. The molecule has 1 aromatic heterocycles. The predicted molar refractivity (Wildman–Crippen MR) is 81.7 cm³/mol. The lowest BCUT2D eigenvalue weighted by atomic mass is 9.95. The summed E-state index contributed by atoms with van der Waals surface area (Å²) in [6.07, 6.45) is 4.67. The van der Waals surface area contributed by atoms with Gasteiger partial charge in [-0.05, 0) is 26.0 Å². The van der Waals surface area contributed by atoms with E-state index < -0.39 is 0 Å². The highest BCUT2D eigenvalue weighted by Gasteiger charge is 2.28. The van der Waals surface area contributed by atoms with Gasteiger partial charge in [0.05, 0.1) is 6.20 Å². The molecule has 1 unspecified atom stereocenters. The highest BCUT2D eigenvalue weighted by molar-refractivity contribution is 9.10. The Hall–Kier alpha value is -1.33. The van der Waals surface area contributed by atoms with Gasteiger partial charge in [0.25, 0.3) is 0 Å². The van der Waals surface area contributed by atoms with Gasteiger partial charge in [0, 0.05) is 40.3 Å². The number of ether oxygens (including phenoxy) is 1. The fourth-order valence-electron chi connectivity index (χ4n) is 2.48. The summed E-state index contributed by atoms with van der Waals surface area (Å²) < 4.78 is 9.05. The number of nitrogens with zero attached hydrogens (tertiary/aromatic N) is 2. The zero-order valence-corrected chi connectivity index (χ0v) is 13.2. The van der Waals surface area contributed by atoms with Crippen molar-refractivity contribution in [3.05, 3.63) is 46.2 Å². The molecule has 2 N–H and O–H groups in total. The molecule has 1 aliphatic rings. The van der Waals surface area contributed by atoms with E-state index in [0.717, 1.165) is 27.8 Å². The molecule has 20 heavy (non-hydrogen) atoms. The Bertz CT molecular complexity index is 623. The summed E-state index contributed by atoms with van der Waals surface area (Å²) in [6.45, 7) is 4.22. The van der Waals surface area contributed by atoms with Crippen LogP contribution in [0.5, 0.6) is 5.75 Å². The van der Waals surface area contributed by atoms with Crippen molar-refractivity contribution >= 4 is 15.9 Å². The second kappa shape index (κ2) is 5.22. The third-order valence-electron chi connectivity index (χ3n) is 3.63. The number of rotatable bonds is 2. The first-order chi connectivity index (χ1) is 9.54. The molecule has 0 saturated heterocycles. The topological polar surface area (TPSA) is 53.1 Å². The number of aromatic nitrogens is 2. The van der Waals surface area contributed by atoms with Gasteiger partial charge in [0.1, 0.15) is 11.9 Å². The Morgan fingerprint density at radius 3 is 2.95 bits per heavy atom. The van der Waals surface area contributed by atoms with Gasteiger partial charge >= 0.3 is 0 Å². The minimum atomic E-state index is -0.0284. The molecule has 0 spiro atoms. The molecular weight excluding hydrogens is 318 g/mol. The molecule has 0 aliphatic carbocycles. The van der Waals surface area contributed by atoms with Crippen molar-refractivity contribution in [1.82, 2.24) is 9.78 Å². The Morgan fingerprint density at radius 1 is 1.45 bits per heavy atom. The van der Waals surface area contributed by atoms with E-state index in [0.29, 0.717) is 6.04 Å². The molecule has 1 aliphatic heterocycles. The molecule has 4 nitrogen and oxygen atoms in total. The summed E-state index contributed by atoms with van der Waals surface area (Å²) >= 11 is 3.47. The summed E-state index contributed by atoms with van der Waals surface area (Å²) in [5.41, 5.74) is 8.42. The van der Waals surface area contributed by atoms with Gasteiger partial charge in [-0.2, -0.15) is 5.10 Å². The number of hydrogen-bond acceptors (Lipinski definition) is 3. The number of nitrogens with two attached hydrogens (primary N) is 1. The monoisotopic (exact) mass is 335 g/mol. The van der Waals surface area contributed by atoms with E-state index in [1.807, 2.05) is 35.3 Å². The Balaban J connectivity index is 1.90. The molecule has 0 saturated carbocycles. The van der Waals surface area contributed by atoms with Crippen molar-refractivity contribution in [2.45, 2.75) is 38.5 Å². The summed E-state index contributed by atoms with van der Waals surface area (Å²) in [4.78, 5) is 0. The third kappa shape index (κ3) is 2.47. The van der Waals surface area contributed by atoms with Gasteiger partial charge < -0.3 is 10.5 Å². The van der Waals surface area contributed by atoms with Crippen LogP contribution in [-0.2, 0) is 0 Å². The quantitative estimate of drug-likeness (QED) is 0.909. The second-order valence-electron chi connectivity index (χ2n) is 5.48. The lowest BCUT2D eigenvalue weighted by molar-refractivity contribution is 0.161. The molecule has 2 aromatic rings. The van der Waals surface area contributed by atoms with Crippen molar-refractivity contribution in [2.75, 3.05) is 0 Å². The molecule has 5 heteroatoms. The van der Waals surface area contributed by atoms with Crippen LogP contribution in [0, 0.1) is 0 Å². The largest absolute Gasteiger partial charge is 0.485 e. The fourth-order valence-corrected chi connectivity index (χ4v) is 2.82. The van der Waals surface area contributed by atoms with Gasteiger partial charge in [-0.15, -0.1) is 0 Å². The highest BCUT2D eigenvalue weighted by atomic mass is 79.9. The summed E-state index contributed by atoms with van der Waals surface area (Å²) in [5, 5.41) is 4.38. The molecule has 0 amide bonds. The van der Waals surface area contributed by atoms with E-state index in [4.69, 9.17) is 10.5 Å². The average Bonchev–Trinajstić information content (AvgIpc) is 2.87. The van der Waals surface area contributed by atoms with Crippen LogP contribution in [0.15, 0.2) is 35.1 Å². The minimum absolute atomic E-state index is 0.000694. The van der Waals surface area contributed by atoms with E-state index >= 15 is 0 Å². The maximum atomic E-state index is 6.27. The third-order valence-corrected chi connectivity index (χ3v) is 4.13. The van der Waals surface area contributed by atoms with E-state index in [9.17, 15) is 0 Å². The van der Waals surface area contributed by atoms with Crippen LogP contribution >= 0.6 is 15.9 Å². The van der Waals surface area contributed by atoms with Crippen LogP contribution in [0.25, 0.3) is 0 Å². The number of hydrogen-bond donors (Lipinski definition) is 1. The SMILES string of the molecule is CC(C)n1cc(C2C[C@H](N)c3ccc(Br)cc3O2)cn1. The van der Waals surface area contributed by atoms with Crippen molar-refractivity contribution in [1.29, 1.82) is 0 Å². The molecule has 106 valence electrons. The summed E-state index contributed by atoms with van der Waals surface area (Å²) in [5.74, 6) is 0.862.